The molecular formula is C19H31N5O2. The third-order valence-electron chi connectivity index (χ3n) is 6.42. The molecule has 26 heavy (non-hydrogen) atoms. The van der Waals surface area contributed by atoms with Gasteiger partial charge in [0.25, 0.3) is 5.91 Å². The summed E-state index contributed by atoms with van der Waals surface area (Å²) in [7, 11) is 2.19. The minimum atomic E-state index is -0.0629. The molecule has 1 aromatic heterocycles. The van der Waals surface area contributed by atoms with Crippen LogP contribution in [0.3, 0.4) is 0 Å². The van der Waals surface area contributed by atoms with Crippen LogP contribution < -0.4 is 10.1 Å². The number of piperazine rings is 1. The van der Waals surface area contributed by atoms with Gasteiger partial charge >= 0.3 is 0 Å². The number of nitrogens with one attached hydrogen (secondary N) is 1. The molecule has 0 atom stereocenters. The molecule has 0 aromatic carbocycles. The van der Waals surface area contributed by atoms with Crippen LogP contribution in [-0.4, -0.2) is 77.4 Å². The Kier molecular flexibility index (Phi) is 4.92. The van der Waals surface area contributed by atoms with Gasteiger partial charge in [-0.3, -0.25) is 9.69 Å². The maximum atomic E-state index is 12.8. The molecular weight excluding hydrogens is 330 g/mol. The van der Waals surface area contributed by atoms with Crippen molar-refractivity contribution in [2.45, 2.75) is 51.1 Å². The number of carbonyl (C=O) groups is 1. The van der Waals surface area contributed by atoms with E-state index >= 15 is 0 Å². The summed E-state index contributed by atoms with van der Waals surface area (Å²) in [5.74, 6) is 0.689. The van der Waals surface area contributed by atoms with Crippen LogP contribution in [0.15, 0.2) is 0 Å². The molecule has 2 aliphatic heterocycles. The Bertz CT molecular complexity index is 657. The Morgan fingerprint density at radius 3 is 2.58 bits per heavy atom. The first kappa shape index (κ1) is 17.8. The second-order valence-electron chi connectivity index (χ2n) is 8.11. The van der Waals surface area contributed by atoms with E-state index in [1.54, 1.807) is 4.68 Å². The Morgan fingerprint density at radius 1 is 1.15 bits per heavy atom. The number of likely N-dealkylation sites (N-methyl/N-ethyl adjacent to an activating group) is 1. The highest BCUT2D eigenvalue weighted by Crippen LogP contribution is 2.34. The zero-order valence-electron chi connectivity index (χ0n) is 16.1. The zero-order chi connectivity index (χ0) is 18.1. The average molecular weight is 361 g/mol. The number of ether oxygens (including phenoxy) is 1. The quantitative estimate of drug-likeness (QED) is 0.875. The predicted molar refractivity (Wildman–Crippen MR) is 99.7 cm³/mol. The van der Waals surface area contributed by atoms with Crippen molar-refractivity contribution >= 4 is 5.91 Å². The molecule has 0 bridgehead atoms. The summed E-state index contributed by atoms with van der Waals surface area (Å²) in [6.07, 6.45) is 6.19. The molecule has 7 nitrogen and oxygen atoms in total. The van der Waals surface area contributed by atoms with Crippen LogP contribution in [0.1, 0.15) is 48.2 Å². The van der Waals surface area contributed by atoms with Gasteiger partial charge in [0, 0.05) is 43.8 Å². The highest BCUT2D eigenvalue weighted by molar-refractivity contribution is 5.94. The first-order valence-corrected chi connectivity index (χ1v) is 10.0. The Balaban J connectivity index is 1.45. The topological polar surface area (TPSA) is 62.6 Å². The Labute approximate surface area is 155 Å². The van der Waals surface area contributed by atoms with Gasteiger partial charge in [-0.25, -0.2) is 4.68 Å². The van der Waals surface area contributed by atoms with Crippen LogP contribution in [0.5, 0.6) is 5.88 Å². The van der Waals surface area contributed by atoms with E-state index in [2.05, 4.69) is 27.3 Å². The molecule has 7 heteroatoms. The van der Waals surface area contributed by atoms with Crippen molar-refractivity contribution in [1.29, 1.82) is 0 Å². The molecule has 3 aliphatic rings. The minimum absolute atomic E-state index is 0.0629. The van der Waals surface area contributed by atoms with E-state index in [-0.39, 0.29) is 11.4 Å². The van der Waals surface area contributed by atoms with Gasteiger partial charge in [0.2, 0.25) is 5.88 Å². The molecule has 1 saturated carbocycles. The van der Waals surface area contributed by atoms with Gasteiger partial charge in [-0.05, 0) is 26.8 Å². The molecule has 1 saturated heterocycles. The van der Waals surface area contributed by atoms with Gasteiger partial charge in [0.05, 0.1) is 6.54 Å². The van der Waals surface area contributed by atoms with Gasteiger partial charge in [-0.2, -0.15) is 5.10 Å². The highest BCUT2D eigenvalue weighted by Gasteiger charge is 2.39. The third kappa shape index (κ3) is 3.22. The SMILES string of the molecule is Cc1c(C(=O)NCC2(N3CCN(C)CC3)CCCCC2)nn2c1OCC2. The molecule has 4 rings (SSSR count). The monoisotopic (exact) mass is 361 g/mol. The summed E-state index contributed by atoms with van der Waals surface area (Å²) >= 11 is 0. The van der Waals surface area contributed by atoms with Crippen LogP contribution in [0, 0.1) is 6.92 Å². The van der Waals surface area contributed by atoms with Gasteiger partial charge in [0.1, 0.15) is 6.61 Å². The van der Waals surface area contributed by atoms with Gasteiger partial charge in [-0.15, -0.1) is 0 Å². The molecule has 0 spiro atoms. The molecule has 144 valence electrons. The summed E-state index contributed by atoms with van der Waals surface area (Å²) in [6, 6.07) is 0. The number of amides is 1. The first-order valence-electron chi connectivity index (χ1n) is 10.0. The van der Waals surface area contributed by atoms with Crippen molar-refractivity contribution < 1.29 is 9.53 Å². The molecule has 1 aliphatic carbocycles. The second kappa shape index (κ2) is 7.19. The van der Waals surface area contributed by atoms with E-state index in [9.17, 15) is 4.79 Å². The lowest BCUT2D eigenvalue weighted by Crippen LogP contribution is -2.61. The van der Waals surface area contributed by atoms with Crippen molar-refractivity contribution in [3.05, 3.63) is 11.3 Å². The number of carbonyl (C=O) groups excluding carboxylic acids is 1. The summed E-state index contributed by atoms with van der Waals surface area (Å²) in [5, 5.41) is 7.68. The smallest absolute Gasteiger partial charge is 0.272 e. The molecule has 1 amide bonds. The van der Waals surface area contributed by atoms with Gasteiger partial charge < -0.3 is 15.0 Å². The summed E-state index contributed by atoms with van der Waals surface area (Å²) in [4.78, 5) is 17.8. The van der Waals surface area contributed by atoms with E-state index in [1.165, 1.54) is 32.1 Å². The lowest BCUT2D eigenvalue weighted by Gasteiger charge is -2.49. The van der Waals surface area contributed by atoms with Crippen molar-refractivity contribution in [2.24, 2.45) is 0 Å². The van der Waals surface area contributed by atoms with Gasteiger partial charge in [-0.1, -0.05) is 19.3 Å². The molecule has 1 N–H and O–H groups in total. The lowest BCUT2D eigenvalue weighted by molar-refractivity contribution is 0.0138. The third-order valence-corrected chi connectivity index (χ3v) is 6.42. The average Bonchev–Trinajstić information content (AvgIpc) is 3.24. The standard InChI is InChI=1S/C19H31N5O2/c1-15-16(21-24-12-13-26-18(15)24)17(25)20-14-19(6-4-3-5-7-19)23-10-8-22(2)9-11-23/h3-14H2,1-2H3,(H,20,25). The molecule has 3 heterocycles. The molecule has 2 fully saturated rings. The number of aromatic nitrogens is 2. The normalized spacial score (nSPS) is 23.5. The second-order valence-corrected chi connectivity index (χ2v) is 8.11. The summed E-state index contributed by atoms with van der Waals surface area (Å²) < 4.78 is 7.39. The van der Waals surface area contributed by atoms with E-state index in [1.807, 2.05) is 6.92 Å². The first-order chi connectivity index (χ1) is 12.6. The van der Waals surface area contributed by atoms with Crippen LogP contribution in [0.4, 0.5) is 0 Å². The number of nitrogens with zero attached hydrogens (tertiary/aromatic N) is 4. The number of rotatable bonds is 4. The number of hydrogen-bond acceptors (Lipinski definition) is 5. The lowest BCUT2D eigenvalue weighted by atomic mass is 9.79. The largest absolute Gasteiger partial charge is 0.476 e. The van der Waals surface area contributed by atoms with Crippen molar-refractivity contribution in [2.75, 3.05) is 46.4 Å². The van der Waals surface area contributed by atoms with Crippen LogP contribution in [-0.2, 0) is 6.54 Å². The predicted octanol–water partition coefficient (Wildman–Crippen LogP) is 1.26. The Hall–Kier alpha value is -1.60. The number of hydrogen-bond donors (Lipinski definition) is 1. The van der Waals surface area contributed by atoms with E-state index in [0.717, 1.165) is 50.7 Å². The van der Waals surface area contributed by atoms with E-state index in [4.69, 9.17) is 4.74 Å². The van der Waals surface area contributed by atoms with Crippen LogP contribution in [0.2, 0.25) is 0 Å². The fourth-order valence-electron chi connectivity index (χ4n) is 4.74. The minimum Gasteiger partial charge on any atom is -0.476 e. The highest BCUT2D eigenvalue weighted by atomic mass is 16.5. The molecule has 0 radical (unpaired) electrons. The summed E-state index contributed by atoms with van der Waals surface area (Å²) in [6.45, 7) is 8.44. The van der Waals surface area contributed by atoms with Crippen molar-refractivity contribution in [3.8, 4) is 5.88 Å². The van der Waals surface area contributed by atoms with Gasteiger partial charge in [0.15, 0.2) is 5.69 Å². The van der Waals surface area contributed by atoms with E-state index in [0.29, 0.717) is 12.3 Å². The molecule has 0 unspecified atom stereocenters. The maximum Gasteiger partial charge on any atom is 0.272 e. The fraction of sp³-hybridized carbons (Fsp3) is 0.789. The maximum absolute atomic E-state index is 12.8. The van der Waals surface area contributed by atoms with Crippen molar-refractivity contribution in [1.82, 2.24) is 24.9 Å². The fourth-order valence-corrected chi connectivity index (χ4v) is 4.74. The Morgan fingerprint density at radius 2 is 1.88 bits per heavy atom. The molecule has 1 aromatic rings. The van der Waals surface area contributed by atoms with Crippen molar-refractivity contribution in [3.63, 3.8) is 0 Å². The number of fused-ring (bicyclic) bond motifs is 1. The zero-order valence-corrected chi connectivity index (χ0v) is 16.1. The van der Waals surface area contributed by atoms with E-state index < -0.39 is 0 Å². The van der Waals surface area contributed by atoms with Crippen LogP contribution in [0.25, 0.3) is 0 Å². The summed E-state index contributed by atoms with van der Waals surface area (Å²) in [5.41, 5.74) is 1.49. The van der Waals surface area contributed by atoms with Crippen LogP contribution >= 0.6 is 0 Å².